The molecule has 2 N–H and O–H groups in total. The van der Waals surface area contributed by atoms with Gasteiger partial charge in [-0.1, -0.05) is 0 Å². The first kappa shape index (κ1) is 18.8. The number of H-pyrrole nitrogens is 1. The van der Waals surface area contributed by atoms with Gasteiger partial charge in [-0.25, -0.2) is 9.37 Å². The first-order chi connectivity index (χ1) is 12.8. The van der Waals surface area contributed by atoms with E-state index in [1.165, 1.54) is 23.5 Å². The summed E-state index contributed by atoms with van der Waals surface area (Å²) in [6.07, 6.45) is 1.39. The molecule has 3 heterocycles. The summed E-state index contributed by atoms with van der Waals surface area (Å²) >= 11 is 0. The van der Waals surface area contributed by atoms with Crippen LogP contribution < -0.4 is 10.9 Å². The van der Waals surface area contributed by atoms with E-state index in [1.807, 2.05) is 0 Å². The van der Waals surface area contributed by atoms with Crippen molar-refractivity contribution in [1.29, 1.82) is 0 Å². The number of aromatic amines is 1. The standard InChI is InChI=1S/C18H21FN4O4/c1-10-15(17(25)21-11(2)20-10)6-16(24)22-14-5-13(19)7-23(8-14)18(26)12-3-4-27-9-12/h3-4,9,13-14H,5-8H2,1-2H3,(H,22,24)(H,20,21,25)/t13-,14+/m1/s1. The van der Waals surface area contributed by atoms with Crippen molar-refractivity contribution in [3.8, 4) is 0 Å². The van der Waals surface area contributed by atoms with Gasteiger partial charge in [-0.15, -0.1) is 0 Å². The van der Waals surface area contributed by atoms with Crippen molar-refractivity contribution in [2.75, 3.05) is 13.1 Å². The zero-order chi connectivity index (χ0) is 19.6. The molecule has 2 aromatic heterocycles. The molecule has 0 aromatic carbocycles. The minimum Gasteiger partial charge on any atom is -0.472 e. The molecular formula is C18H21FN4O4. The lowest BCUT2D eigenvalue weighted by Crippen LogP contribution is -2.53. The quantitative estimate of drug-likeness (QED) is 0.824. The molecule has 0 bridgehead atoms. The van der Waals surface area contributed by atoms with E-state index < -0.39 is 18.1 Å². The Labute approximate surface area is 154 Å². The average molecular weight is 376 g/mol. The topological polar surface area (TPSA) is 108 Å². The van der Waals surface area contributed by atoms with Gasteiger partial charge in [-0.2, -0.15) is 0 Å². The molecule has 9 heteroatoms. The van der Waals surface area contributed by atoms with Gasteiger partial charge in [-0.05, 0) is 19.9 Å². The average Bonchev–Trinajstić information content (AvgIpc) is 3.11. The molecule has 2 atom stereocenters. The van der Waals surface area contributed by atoms with E-state index in [4.69, 9.17) is 4.42 Å². The number of nitrogens with one attached hydrogen (secondary N) is 2. The molecule has 2 aromatic rings. The summed E-state index contributed by atoms with van der Waals surface area (Å²) in [6, 6.07) is 0.979. The first-order valence-electron chi connectivity index (χ1n) is 8.64. The number of carbonyl (C=O) groups excluding carboxylic acids is 2. The zero-order valence-electron chi connectivity index (χ0n) is 15.1. The minimum atomic E-state index is -1.24. The number of aryl methyl sites for hydroxylation is 2. The molecule has 3 rings (SSSR count). The number of rotatable bonds is 4. The van der Waals surface area contributed by atoms with E-state index in [1.54, 1.807) is 13.8 Å². The predicted octanol–water partition coefficient (Wildman–Crippen LogP) is 0.891. The lowest BCUT2D eigenvalue weighted by molar-refractivity contribution is -0.121. The van der Waals surface area contributed by atoms with Gasteiger partial charge in [-0.3, -0.25) is 14.4 Å². The van der Waals surface area contributed by atoms with Crippen LogP contribution in [0.5, 0.6) is 0 Å². The molecule has 1 aliphatic rings. The van der Waals surface area contributed by atoms with Crippen molar-refractivity contribution in [1.82, 2.24) is 20.2 Å². The molecule has 1 fully saturated rings. The maximum atomic E-state index is 14.1. The van der Waals surface area contributed by atoms with Crippen LogP contribution in [-0.4, -0.2) is 52.0 Å². The molecule has 0 saturated carbocycles. The van der Waals surface area contributed by atoms with Crippen molar-refractivity contribution >= 4 is 11.8 Å². The lowest BCUT2D eigenvalue weighted by atomic mass is 10.0. The highest BCUT2D eigenvalue weighted by atomic mass is 19.1. The normalized spacial score (nSPS) is 19.7. The van der Waals surface area contributed by atoms with Crippen LogP contribution in [-0.2, 0) is 11.2 Å². The molecule has 144 valence electrons. The number of amides is 2. The Kier molecular flexibility index (Phi) is 5.38. The van der Waals surface area contributed by atoms with Gasteiger partial charge in [0.2, 0.25) is 5.91 Å². The van der Waals surface area contributed by atoms with E-state index in [2.05, 4.69) is 15.3 Å². The van der Waals surface area contributed by atoms with E-state index in [9.17, 15) is 18.8 Å². The zero-order valence-corrected chi connectivity index (χ0v) is 15.1. The van der Waals surface area contributed by atoms with Crippen LogP contribution in [0.3, 0.4) is 0 Å². The number of hydrogen-bond donors (Lipinski definition) is 2. The van der Waals surface area contributed by atoms with Crippen molar-refractivity contribution in [3.63, 3.8) is 0 Å². The summed E-state index contributed by atoms with van der Waals surface area (Å²) < 4.78 is 19.0. The van der Waals surface area contributed by atoms with Gasteiger partial charge in [0.15, 0.2) is 0 Å². The fraction of sp³-hybridized carbons (Fsp3) is 0.444. The van der Waals surface area contributed by atoms with Crippen molar-refractivity contribution < 1.29 is 18.4 Å². The Hall–Kier alpha value is -2.97. The molecule has 0 spiro atoms. The maximum absolute atomic E-state index is 14.1. The molecule has 0 unspecified atom stereocenters. The predicted molar refractivity (Wildman–Crippen MR) is 94.1 cm³/mol. The van der Waals surface area contributed by atoms with Crippen molar-refractivity contribution in [3.05, 3.63) is 51.6 Å². The summed E-state index contributed by atoms with van der Waals surface area (Å²) in [5.74, 6) is -0.285. The van der Waals surface area contributed by atoms with Gasteiger partial charge in [0.05, 0.1) is 24.8 Å². The summed E-state index contributed by atoms with van der Waals surface area (Å²) in [7, 11) is 0. The number of halogens is 1. The number of likely N-dealkylation sites (tertiary alicyclic amines) is 1. The lowest BCUT2D eigenvalue weighted by Gasteiger charge is -2.35. The Morgan fingerprint density at radius 2 is 2.19 bits per heavy atom. The Morgan fingerprint density at radius 3 is 2.85 bits per heavy atom. The number of alkyl halides is 1. The third kappa shape index (κ3) is 4.42. The van der Waals surface area contributed by atoms with Crippen LogP contribution in [0.25, 0.3) is 0 Å². The fourth-order valence-electron chi connectivity index (χ4n) is 3.28. The second-order valence-electron chi connectivity index (χ2n) is 6.71. The Balaban J connectivity index is 1.65. The van der Waals surface area contributed by atoms with Crippen LogP contribution in [0.2, 0.25) is 0 Å². The number of aromatic nitrogens is 2. The van der Waals surface area contributed by atoms with Gasteiger partial charge >= 0.3 is 0 Å². The maximum Gasteiger partial charge on any atom is 0.257 e. The van der Waals surface area contributed by atoms with Gasteiger partial charge < -0.3 is 19.6 Å². The largest absolute Gasteiger partial charge is 0.472 e. The summed E-state index contributed by atoms with van der Waals surface area (Å²) in [5.41, 5.74) is 0.730. The molecule has 0 aliphatic carbocycles. The fourth-order valence-corrected chi connectivity index (χ4v) is 3.28. The second kappa shape index (κ2) is 7.73. The molecule has 0 radical (unpaired) electrons. The molecule has 1 aliphatic heterocycles. The number of piperidine rings is 1. The van der Waals surface area contributed by atoms with E-state index in [0.717, 1.165) is 0 Å². The van der Waals surface area contributed by atoms with E-state index >= 15 is 0 Å². The van der Waals surface area contributed by atoms with Crippen LogP contribution in [0.1, 0.15) is 33.9 Å². The third-order valence-corrected chi connectivity index (χ3v) is 4.50. The Morgan fingerprint density at radius 1 is 1.41 bits per heavy atom. The number of furan rings is 1. The number of carbonyl (C=O) groups is 2. The van der Waals surface area contributed by atoms with Gasteiger partial charge in [0, 0.05) is 30.3 Å². The second-order valence-corrected chi connectivity index (χ2v) is 6.71. The first-order valence-corrected chi connectivity index (χ1v) is 8.64. The number of hydrogen-bond acceptors (Lipinski definition) is 5. The Bertz CT molecular complexity index is 893. The van der Waals surface area contributed by atoms with Crippen molar-refractivity contribution in [2.45, 2.75) is 38.9 Å². The van der Waals surface area contributed by atoms with Crippen LogP contribution in [0.15, 0.2) is 27.8 Å². The summed E-state index contributed by atoms with van der Waals surface area (Å²) in [5, 5.41) is 2.72. The monoisotopic (exact) mass is 376 g/mol. The highest BCUT2D eigenvalue weighted by molar-refractivity contribution is 5.94. The molecule has 1 saturated heterocycles. The van der Waals surface area contributed by atoms with Crippen molar-refractivity contribution in [2.24, 2.45) is 0 Å². The minimum absolute atomic E-state index is 0.0307. The molecular weight excluding hydrogens is 355 g/mol. The van der Waals surface area contributed by atoms with Gasteiger partial charge in [0.1, 0.15) is 18.3 Å². The summed E-state index contributed by atoms with van der Waals surface area (Å²) in [6.45, 7) is 3.48. The summed E-state index contributed by atoms with van der Waals surface area (Å²) in [4.78, 5) is 44.8. The van der Waals surface area contributed by atoms with E-state index in [0.29, 0.717) is 17.1 Å². The van der Waals surface area contributed by atoms with Gasteiger partial charge in [0.25, 0.3) is 11.5 Å². The smallest absolute Gasteiger partial charge is 0.257 e. The highest BCUT2D eigenvalue weighted by Gasteiger charge is 2.31. The molecule has 8 nitrogen and oxygen atoms in total. The van der Waals surface area contributed by atoms with E-state index in [-0.39, 0.29) is 43.0 Å². The highest BCUT2D eigenvalue weighted by Crippen LogP contribution is 2.17. The van der Waals surface area contributed by atoms with Crippen LogP contribution in [0, 0.1) is 13.8 Å². The SMILES string of the molecule is Cc1nc(C)c(CC(=O)N[C@H]2C[C@@H](F)CN(C(=O)c3ccoc3)C2)c(=O)[nH]1. The third-order valence-electron chi connectivity index (χ3n) is 4.50. The number of nitrogens with zero attached hydrogens (tertiary/aromatic N) is 2. The molecule has 2 amide bonds. The van der Waals surface area contributed by atoms with Crippen LogP contribution >= 0.6 is 0 Å². The molecule has 27 heavy (non-hydrogen) atoms. The van der Waals surface area contributed by atoms with Crippen LogP contribution in [0.4, 0.5) is 4.39 Å².